The lowest BCUT2D eigenvalue weighted by molar-refractivity contribution is -0.132. The van der Waals surface area contributed by atoms with Gasteiger partial charge >= 0.3 is 5.91 Å². The summed E-state index contributed by atoms with van der Waals surface area (Å²) < 4.78 is 0. The van der Waals surface area contributed by atoms with Gasteiger partial charge in [0.05, 0.1) is 11.6 Å². The minimum atomic E-state index is -0.763. The fourth-order valence-corrected chi connectivity index (χ4v) is 3.70. The first-order chi connectivity index (χ1) is 14.5. The molecule has 0 spiro atoms. The van der Waals surface area contributed by atoms with Crippen molar-refractivity contribution in [2.24, 2.45) is 0 Å². The monoisotopic (exact) mass is 398 g/mol. The van der Waals surface area contributed by atoms with Crippen LogP contribution in [0.3, 0.4) is 0 Å². The third-order valence-corrected chi connectivity index (χ3v) is 5.31. The van der Waals surface area contributed by atoms with Crippen LogP contribution >= 0.6 is 0 Å². The van der Waals surface area contributed by atoms with Crippen molar-refractivity contribution in [2.45, 2.75) is 25.8 Å². The number of Topliss-reactive ketones (excluding diaryl/α,β-unsaturated/α-hetero) is 1. The molecule has 0 bridgehead atoms. The Morgan fingerprint density at radius 1 is 0.933 bits per heavy atom. The summed E-state index contributed by atoms with van der Waals surface area (Å²) in [7, 11) is 0. The molecule has 4 rings (SSSR count). The van der Waals surface area contributed by atoms with Crippen LogP contribution in [-0.4, -0.2) is 21.8 Å². The van der Waals surface area contributed by atoms with Gasteiger partial charge in [0.15, 0.2) is 0 Å². The van der Waals surface area contributed by atoms with Crippen LogP contribution in [0, 0.1) is 0 Å². The molecule has 0 aliphatic carbocycles. The fourth-order valence-electron chi connectivity index (χ4n) is 3.70. The van der Waals surface area contributed by atoms with E-state index < -0.39 is 17.7 Å². The Morgan fingerprint density at radius 2 is 1.60 bits per heavy atom. The zero-order valence-corrected chi connectivity index (χ0v) is 16.8. The maximum absolute atomic E-state index is 13.0. The average Bonchev–Trinajstić information content (AvgIpc) is 3.05. The second kappa shape index (κ2) is 7.95. The van der Waals surface area contributed by atoms with E-state index in [1.165, 1.54) is 4.90 Å². The van der Waals surface area contributed by atoms with Gasteiger partial charge in [-0.05, 0) is 29.2 Å². The highest BCUT2D eigenvalue weighted by atomic mass is 16.3. The van der Waals surface area contributed by atoms with E-state index >= 15 is 0 Å². The molecule has 3 aromatic rings. The molecule has 1 aliphatic heterocycles. The molecule has 0 saturated carbocycles. The van der Waals surface area contributed by atoms with E-state index in [0.717, 1.165) is 11.1 Å². The second-order valence-electron chi connectivity index (χ2n) is 7.54. The first-order valence-electron chi connectivity index (χ1n) is 9.86. The predicted octanol–water partition coefficient (Wildman–Crippen LogP) is 4.83. The summed E-state index contributed by atoms with van der Waals surface area (Å²) in [6, 6.07) is 21.0. The molecule has 1 fully saturated rings. The van der Waals surface area contributed by atoms with E-state index in [1.807, 2.05) is 30.3 Å². The molecule has 150 valence electrons. The largest absolute Gasteiger partial charge is 0.507 e. The molecule has 30 heavy (non-hydrogen) atoms. The molecule has 1 N–H and O–H groups in total. The topological polar surface area (TPSA) is 70.5 Å². The Kier molecular flexibility index (Phi) is 5.19. The van der Waals surface area contributed by atoms with Crippen LogP contribution in [0.15, 0.2) is 84.6 Å². The van der Waals surface area contributed by atoms with E-state index in [-0.39, 0.29) is 11.3 Å². The number of nitrogens with zero attached hydrogens (tertiary/aromatic N) is 2. The molecule has 1 saturated heterocycles. The molecule has 1 unspecified atom stereocenters. The molecular formula is C25H22N2O3. The molecule has 1 amide bonds. The van der Waals surface area contributed by atoms with Crippen LogP contribution in [0.4, 0.5) is 5.82 Å². The molecule has 2 heterocycles. The van der Waals surface area contributed by atoms with Crippen LogP contribution in [0.25, 0.3) is 5.76 Å². The van der Waals surface area contributed by atoms with Crippen molar-refractivity contribution < 1.29 is 14.7 Å². The SMILES string of the molecule is CC(C)c1ccc(C2/C(=C(/O)c3ccccc3)C(=O)C(=O)N2c2ccccn2)cc1. The number of pyridine rings is 1. The second-order valence-corrected chi connectivity index (χ2v) is 7.54. The minimum absolute atomic E-state index is 0.0640. The molecular weight excluding hydrogens is 376 g/mol. The van der Waals surface area contributed by atoms with Crippen LogP contribution in [0.5, 0.6) is 0 Å². The molecule has 1 atom stereocenters. The first kappa shape index (κ1) is 19.6. The standard InChI is InChI=1S/C25H22N2O3/c1-16(2)17-11-13-18(14-12-17)22-21(23(28)19-8-4-3-5-9-19)24(29)25(30)27(22)20-10-6-7-15-26-20/h3-16,22,28H,1-2H3/b23-21-. The van der Waals surface area contributed by atoms with Crippen LogP contribution in [0.2, 0.25) is 0 Å². The number of carbonyl (C=O) groups excluding carboxylic acids is 2. The van der Waals surface area contributed by atoms with Gasteiger partial charge in [-0.15, -0.1) is 0 Å². The highest BCUT2D eigenvalue weighted by Crippen LogP contribution is 2.41. The number of carbonyl (C=O) groups is 2. The van der Waals surface area contributed by atoms with Crippen molar-refractivity contribution in [3.8, 4) is 0 Å². The van der Waals surface area contributed by atoms with E-state index in [0.29, 0.717) is 17.3 Å². The molecule has 2 aromatic carbocycles. The average molecular weight is 398 g/mol. The zero-order valence-electron chi connectivity index (χ0n) is 16.8. The summed E-state index contributed by atoms with van der Waals surface area (Å²) in [5.41, 5.74) is 2.44. The lowest BCUT2D eigenvalue weighted by Gasteiger charge is -2.24. The maximum Gasteiger partial charge on any atom is 0.301 e. The van der Waals surface area contributed by atoms with Gasteiger partial charge in [0, 0.05) is 11.8 Å². The number of anilines is 1. The van der Waals surface area contributed by atoms with Gasteiger partial charge < -0.3 is 5.11 Å². The van der Waals surface area contributed by atoms with E-state index in [9.17, 15) is 14.7 Å². The number of hydrogen-bond acceptors (Lipinski definition) is 4. The molecule has 1 aromatic heterocycles. The third-order valence-electron chi connectivity index (χ3n) is 5.31. The van der Waals surface area contributed by atoms with Gasteiger partial charge in [0.2, 0.25) is 0 Å². The van der Waals surface area contributed by atoms with Crippen molar-refractivity contribution in [3.63, 3.8) is 0 Å². The van der Waals surface area contributed by atoms with Gasteiger partial charge in [-0.2, -0.15) is 0 Å². The Bertz CT molecular complexity index is 1100. The highest BCUT2D eigenvalue weighted by Gasteiger charge is 2.47. The van der Waals surface area contributed by atoms with E-state index in [2.05, 4.69) is 18.8 Å². The van der Waals surface area contributed by atoms with Crippen molar-refractivity contribution in [1.29, 1.82) is 0 Å². The number of amides is 1. The Labute approximate surface area is 175 Å². The van der Waals surface area contributed by atoms with E-state index in [4.69, 9.17) is 0 Å². The third kappa shape index (κ3) is 3.39. The Hall–Kier alpha value is -3.73. The van der Waals surface area contributed by atoms with Gasteiger partial charge in [0.1, 0.15) is 11.6 Å². The first-order valence-corrected chi connectivity index (χ1v) is 9.86. The van der Waals surface area contributed by atoms with Gasteiger partial charge in [-0.25, -0.2) is 4.98 Å². The number of benzene rings is 2. The van der Waals surface area contributed by atoms with Crippen molar-refractivity contribution in [3.05, 3.63) is 101 Å². The Morgan fingerprint density at radius 3 is 2.20 bits per heavy atom. The maximum atomic E-state index is 13.0. The number of rotatable bonds is 4. The summed E-state index contributed by atoms with van der Waals surface area (Å²) in [5.74, 6) is -0.899. The number of aliphatic hydroxyl groups excluding tert-OH is 1. The fraction of sp³-hybridized carbons (Fsp3) is 0.160. The highest BCUT2D eigenvalue weighted by molar-refractivity contribution is 6.51. The smallest absolute Gasteiger partial charge is 0.301 e. The van der Waals surface area contributed by atoms with Crippen molar-refractivity contribution in [1.82, 2.24) is 4.98 Å². The van der Waals surface area contributed by atoms with Crippen LogP contribution in [0.1, 0.15) is 42.5 Å². The van der Waals surface area contributed by atoms with Gasteiger partial charge in [-0.3, -0.25) is 14.5 Å². The zero-order chi connectivity index (χ0) is 21.3. The van der Waals surface area contributed by atoms with Crippen molar-refractivity contribution >= 4 is 23.3 Å². The van der Waals surface area contributed by atoms with E-state index in [1.54, 1.807) is 48.7 Å². The number of hydrogen-bond donors (Lipinski definition) is 1. The van der Waals surface area contributed by atoms with Gasteiger partial charge in [-0.1, -0.05) is 74.5 Å². The summed E-state index contributed by atoms with van der Waals surface area (Å²) in [6.07, 6.45) is 1.57. The number of aliphatic hydroxyl groups is 1. The summed E-state index contributed by atoms with van der Waals surface area (Å²) in [4.78, 5) is 31.7. The minimum Gasteiger partial charge on any atom is -0.507 e. The summed E-state index contributed by atoms with van der Waals surface area (Å²) in [6.45, 7) is 4.20. The normalized spacial score (nSPS) is 18.2. The lowest BCUT2D eigenvalue weighted by Crippen LogP contribution is -2.30. The lowest BCUT2D eigenvalue weighted by atomic mass is 9.93. The van der Waals surface area contributed by atoms with Crippen LogP contribution < -0.4 is 4.90 Å². The molecule has 1 aliphatic rings. The molecule has 5 heteroatoms. The number of ketones is 1. The summed E-state index contributed by atoms with van der Waals surface area (Å²) >= 11 is 0. The predicted molar refractivity (Wildman–Crippen MR) is 116 cm³/mol. The van der Waals surface area contributed by atoms with Crippen LogP contribution in [-0.2, 0) is 9.59 Å². The number of aromatic nitrogens is 1. The Balaban J connectivity index is 1.92. The molecule has 5 nitrogen and oxygen atoms in total. The summed E-state index contributed by atoms with van der Waals surface area (Å²) in [5, 5.41) is 11.0. The van der Waals surface area contributed by atoms with Crippen molar-refractivity contribution in [2.75, 3.05) is 4.90 Å². The quantitative estimate of drug-likeness (QED) is 0.388. The van der Waals surface area contributed by atoms with Gasteiger partial charge in [0.25, 0.3) is 5.78 Å². The molecule has 0 radical (unpaired) electrons.